The van der Waals surface area contributed by atoms with Gasteiger partial charge in [0.15, 0.2) is 6.54 Å². The lowest BCUT2D eigenvalue weighted by Gasteiger charge is -2.14. The quantitative estimate of drug-likeness (QED) is 0.624. The van der Waals surface area contributed by atoms with E-state index in [4.69, 9.17) is 0 Å². The van der Waals surface area contributed by atoms with Gasteiger partial charge >= 0.3 is 0 Å². The van der Waals surface area contributed by atoms with E-state index < -0.39 is 4.92 Å². The molecule has 0 heterocycles. The molecule has 6 heteroatoms. The molecular formula is C19H24N3O3+. The number of nitrogens with one attached hydrogen (secondary N) is 2. The maximum Gasteiger partial charge on any atom is 0.293 e. The number of benzene rings is 2. The van der Waals surface area contributed by atoms with E-state index in [0.29, 0.717) is 6.54 Å². The van der Waals surface area contributed by atoms with Gasteiger partial charge in [-0.3, -0.25) is 14.9 Å². The van der Waals surface area contributed by atoms with Crippen LogP contribution in [0.15, 0.2) is 36.4 Å². The number of quaternary nitrogens is 1. The Morgan fingerprint density at radius 2 is 1.72 bits per heavy atom. The molecule has 0 spiro atoms. The van der Waals surface area contributed by atoms with Gasteiger partial charge in [0.1, 0.15) is 12.2 Å². The lowest BCUT2D eigenvalue weighted by Crippen LogP contribution is -3.08. The van der Waals surface area contributed by atoms with Gasteiger partial charge < -0.3 is 10.2 Å². The zero-order valence-corrected chi connectivity index (χ0v) is 15.1. The normalized spacial score (nSPS) is 11.8. The van der Waals surface area contributed by atoms with Gasteiger partial charge in [-0.25, -0.2) is 0 Å². The molecule has 0 saturated heterocycles. The van der Waals surface area contributed by atoms with Crippen LogP contribution in [0.3, 0.4) is 0 Å². The smallest absolute Gasteiger partial charge is 0.293 e. The number of nitrogens with zero attached hydrogens (tertiary/aromatic N) is 1. The second-order valence-corrected chi connectivity index (χ2v) is 6.56. The molecule has 132 valence electrons. The number of anilines is 1. The Labute approximate surface area is 147 Å². The highest BCUT2D eigenvalue weighted by Crippen LogP contribution is 2.27. The summed E-state index contributed by atoms with van der Waals surface area (Å²) in [5, 5.41) is 13.9. The lowest BCUT2D eigenvalue weighted by molar-refractivity contribution is -0.885. The molecule has 1 unspecified atom stereocenters. The number of nitro benzene ring substituents is 1. The van der Waals surface area contributed by atoms with Crippen molar-refractivity contribution in [1.82, 2.24) is 0 Å². The van der Waals surface area contributed by atoms with Gasteiger partial charge in [-0.1, -0.05) is 29.8 Å². The number of carbonyl (C=O) groups is 1. The first kappa shape index (κ1) is 18.6. The van der Waals surface area contributed by atoms with Gasteiger partial charge in [0.05, 0.1) is 12.0 Å². The molecule has 2 rings (SSSR count). The van der Waals surface area contributed by atoms with E-state index in [2.05, 4.69) is 5.32 Å². The number of carbonyl (C=O) groups excluding carboxylic acids is 1. The van der Waals surface area contributed by atoms with Crippen molar-refractivity contribution in [3.05, 3.63) is 68.8 Å². The van der Waals surface area contributed by atoms with Crippen molar-refractivity contribution in [3.8, 4) is 0 Å². The van der Waals surface area contributed by atoms with Crippen LogP contribution in [0.1, 0.15) is 22.3 Å². The highest BCUT2D eigenvalue weighted by atomic mass is 16.6. The van der Waals surface area contributed by atoms with E-state index in [1.54, 1.807) is 6.07 Å². The molecule has 0 aromatic heterocycles. The predicted molar refractivity (Wildman–Crippen MR) is 97.8 cm³/mol. The second kappa shape index (κ2) is 7.90. The SMILES string of the molecule is Cc1ccc(C[NH+](C)CC(=O)Nc2cc(C)c(C)cc2[N+](=O)[O-])cc1. The van der Waals surface area contributed by atoms with Crippen molar-refractivity contribution >= 4 is 17.3 Å². The largest absolute Gasteiger partial charge is 0.326 e. The van der Waals surface area contributed by atoms with Crippen LogP contribution in [0.4, 0.5) is 11.4 Å². The fourth-order valence-corrected chi connectivity index (χ4v) is 2.64. The number of hydrogen-bond acceptors (Lipinski definition) is 3. The van der Waals surface area contributed by atoms with Crippen LogP contribution in [0.2, 0.25) is 0 Å². The summed E-state index contributed by atoms with van der Waals surface area (Å²) < 4.78 is 0. The van der Waals surface area contributed by atoms with Crippen LogP contribution in [0.25, 0.3) is 0 Å². The molecule has 0 bridgehead atoms. The Balaban J connectivity index is 2.03. The molecule has 2 aromatic carbocycles. The van der Waals surface area contributed by atoms with Gasteiger partial charge in [0.25, 0.3) is 11.6 Å². The third-order valence-electron chi connectivity index (χ3n) is 4.17. The first-order chi connectivity index (χ1) is 11.8. The van der Waals surface area contributed by atoms with E-state index >= 15 is 0 Å². The molecule has 2 N–H and O–H groups in total. The van der Waals surface area contributed by atoms with Crippen LogP contribution < -0.4 is 10.2 Å². The van der Waals surface area contributed by atoms with Crippen molar-refractivity contribution in [2.75, 3.05) is 18.9 Å². The fraction of sp³-hybridized carbons (Fsp3) is 0.316. The standard InChI is InChI=1S/C19H23N3O3/c1-13-5-7-16(8-6-13)11-21(4)12-19(23)20-17-9-14(2)15(3)10-18(17)22(24)25/h5-10H,11-12H2,1-4H3,(H,20,23)/p+1. The minimum Gasteiger partial charge on any atom is -0.326 e. The average Bonchev–Trinajstić information content (AvgIpc) is 2.52. The molecular weight excluding hydrogens is 318 g/mol. The topological polar surface area (TPSA) is 76.7 Å². The maximum atomic E-state index is 12.3. The number of nitro groups is 1. The number of amides is 1. The van der Waals surface area contributed by atoms with E-state index in [9.17, 15) is 14.9 Å². The summed E-state index contributed by atoms with van der Waals surface area (Å²) in [4.78, 5) is 24.0. The zero-order valence-electron chi connectivity index (χ0n) is 15.1. The average molecular weight is 342 g/mol. The molecule has 0 aliphatic heterocycles. The predicted octanol–water partition coefficient (Wildman–Crippen LogP) is 2.17. The summed E-state index contributed by atoms with van der Waals surface area (Å²) in [6, 6.07) is 11.3. The van der Waals surface area contributed by atoms with E-state index in [1.807, 2.05) is 52.1 Å². The van der Waals surface area contributed by atoms with Crippen molar-refractivity contribution in [2.45, 2.75) is 27.3 Å². The molecule has 0 aliphatic rings. The minimum atomic E-state index is -0.467. The van der Waals surface area contributed by atoms with Gasteiger partial charge in [-0.05, 0) is 38.0 Å². The number of likely N-dealkylation sites (N-methyl/N-ethyl adjacent to an activating group) is 1. The number of aryl methyl sites for hydroxylation is 3. The zero-order chi connectivity index (χ0) is 18.6. The summed E-state index contributed by atoms with van der Waals surface area (Å²) in [5.41, 5.74) is 4.25. The Hall–Kier alpha value is -2.73. The summed E-state index contributed by atoms with van der Waals surface area (Å²) in [6.07, 6.45) is 0. The molecule has 1 atom stereocenters. The Kier molecular flexibility index (Phi) is 5.88. The third kappa shape index (κ3) is 5.12. The summed E-state index contributed by atoms with van der Waals surface area (Å²) >= 11 is 0. The van der Waals surface area contributed by atoms with Crippen molar-refractivity contribution in [3.63, 3.8) is 0 Å². The summed E-state index contributed by atoms with van der Waals surface area (Å²) in [5.74, 6) is -0.240. The van der Waals surface area contributed by atoms with Gasteiger partial charge in [-0.15, -0.1) is 0 Å². The minimum absolute atomic E-state index is 0.0763. The number of hydrogen-bond donors (Lipinski definition) is 2. The molecule has 0 fully saturated rings. The van der Waals surface area contributed by atoms with Crippen LogP contribution in [0, 0.1) is 30.9 Å². The Bertz CT molecular complexity index is 785. The molecule has 0 radical (unpaired) electrons. The summed E-state index contributed by atoms with van der Waals surface area (Å²) in [7, 11) is 1.92. The van der Waals surface area contributed by atoms with E-state index in [0.717, 1.165) is 21.6 Å². The highest BCUT2D eigenvalue weighted by molar-refractivity contribution is 5.94. The molecule has 0 saturated carbocycles. The van der Waals surface area contributed by atoms with Crippen LogP contribution in [-0.2, 0) is 11.3 Å². The van der Waals surface area contributed by atoms with Gasteiger partial charge in [0.2, 0.25) is 0 Å². The fourth-order valence-electron chi connectivity index (χ4n) is 2.64. The second-order valence-electron chi connectivity index (χ2n) is 6.56. The van der Waals surface area contributed by atoms with Gasteiger partial charge in [0, 0.05) is 11.6 Å². The molecule has 2 aromatic rings. The Morgan fingerprint density at radius 3 is 2.32 bits per heavy atom. The Morgan fingerprint density at radius 1 is 1.12 bits per heavy atom. The van der Waals surface area contributed by atoms with Crippen molar-refractivity contribution < 1.29 is 14.6 Å². The van der Waals surface area contributed by atoms with Gasteiger partial charge in [-0.2, -0.15) is 0 Å². The highest BCUT2D eigenvalue weighted by Gasteiger charge is 2.19. The van der Waals surface area contributed by atoms with E-state index in [1.165, 1.54) is 11.6 Å². The van der Waals surface area contributed by atoms with Crippen LogP contribution in [-0.4, -0.2) is 24.4 Å². The van der Waals surface area contributed by atoms with Crippen LogP contribution in [0.5, 0.6) is 0 Å². The molecule has 25 heavy (non-hydrogen) atoms. The number of rotatable bonds is 6. The first-order valence-corrected chi connectivity index (χ1v) is 8.18. The molecule has 6 nitrogen and oxygen atoms in total. The van der Waals surface area contributed by atoms with Crippen molar-refractivity contribution in [2.24, 2.45) is 0 Å². The monoisotopic (exact) mass is 342 g/mol. The first-order valence-electron chi connectivity index (χ1n) is 8.18. The van der Waals surface area contributed by atoms with E-state index in [-0.39, 0.29) is 23.8 Å². The third-order valence-corrected chi connectivity index (χ3v) is 4.17. The maximum absolute atomic E-state index is 12.3. The molecule has 1 amide bonds. The van der Waals surface area contributed by atoms with Crippen LogP contribution >= 0.6 is 0 Å². The summed E-state index contributed by atoms with van der Waals surface area (Å²) in [6.45, 7) is 6.65. The van der Waals surface area contributed by atoms with Crippen molar-refractivity contribution in [1.29, 1.82) is 0 Å². The lowest BCUT2D eigenvalue weighted by atomic mass is 10.1. The molecule has 0 aliphatic carbocycles.